The van der Waals surface area contributed by atoms with Gasteiger partial charge in [0.2, 0.25) is 5.91 Å². The first kappa shape index (κ1) is 29.6. The smallest absolute Gasteiger partial charge is 0.255 e. The van der Waals surface area contributed by atoms with Crippen LogP contribution >= 0.6 is 0 Å². The minimum absolute atomic E-state index is 0.0961. The molecule has 0 aliphatic rings. The lowest BCUT2D eigenvalue weighted by molar-refractivity contribution is -0.118. The number of rotatable bonds is 10. The summed E-state index contributed by atoms with van der Waals surface area (Å²) >= 11 is 0. The van der Waals surface area contributed by atoms with Gasteiger partial charge < -0.3 is 25.8 Å². The number of carbonyl (C=O) groups excluding carboxylic acids is 3. The first-order valence-electron chi connectivity index (χ1n) is 14.0. The molecule has 0 aromatic heterocycles. The van der Waals surface area contributed by atoms with Gasteiger partial charge in [0.25, 0.3) is 11.8 Å². The molecule has 0 saturated carbocycles. The average molecular weight is 586 g/mol. The summed E-state index contributed by atoms with van der Waals surface area (Å²) in [5, 5.41) is 18.3. The summed E-state index contributed by atoms with van der Waals surface area (Å²) < 4.78 is 5.15. The van der Waals surface area contributed by atoms with Crippen LogP contribution in [0.25, 0.3) is 11.1 Å². The number of amides is 3. The van der Waals surface area contributed by atoms with Crippen LogP contribution in [-0.2, 0) is 11.2 Å². The lowest BCUT2D eigenvalue weighted by atomic mass is 10.0. The highest BCUT2D eigenvalue weighted by Crippen LogP contribution is 2.22. The second-order valence-electron chi connectivity index (χ2n) is 10.1. The van der Waals surface area contributed by atoms with Crippen molar-refractivity contribution in [2.24, 2.45) is 0 Å². The number of phenolic OH excluding ortho intramolecular Hbond substituents is 1. The van der Waals surface area contributed by atoms with Crippen LogP contribution in [0.15, 0.2) is 127 Å². The van der Waals surface area contributed by atoms with Gasteiger partial charge in [0.15, 0.2) is 0 Å². The van der Waals surface area contributed by atoms with E-state index in [0.717, 1.165) is 16.7 Å². The van der Waals surface area contributed by atoms with Crippen LogP contribution in [0.3, 0.4) is 0 Å². The van der Waals surface area contributed by atoms with E-state index in [1.807, 2.05) is 54.6 Å². The molecule has 0 radical (unpaired) electrons. The van der Waals surface area contributed by atoms with Crippen molar-refractivity contribution < 1.29 is 24.2 Å². The average Bonchev–Trinajstić information content (AvgIpc) is 3.06. The van der Waals surface area contributed by atoms with Crippen LogP contribution in [-0.4, -0.2) is 36.0 Å². The minimum atomic E-state index is -0.966. The molecule has 0 aliphatic carbocycles. The van der Waals surface area contributed by atoms with Gasteiger partial charge in [-0.15, -0.1) is 0 Å². The summed E-state index contributed by atoms with van der Waals surface area (Å²) in [6.07, 6.45) is 0.167. The van der Waals surface area contributed by atoms with E-state index in [1.165, 1.54) is 12.1 Å². The number of nitrogens with one attached hydrogen (secondary N) is 3. The van der Waals surface area contributed by atoms with Crippen LogP contribution in [0.4, 0.5) is 11.4 Å². The molecule has 8 nitrogen and oxygen atoms in total. The van der Waals surface area contributed by atoms with Crippen molar-refractivity contribution in [2.75, 3.05) is 17.7 Å². The second kappa shape index (κ2) is 13.8. The molecule has 220 valence electrons. The van der Waals surface area contributed by atoms with Gasteiger partial charge in [0, 0.05) is 17.7 Å². The van der Waals surface area contributed by atoms with Gasteiger partial charge in [-0.25, -0.2) is 0 Å². The maximum atomic E-state index is 13.6. The van der Waals surface area contributed by atoms with Gasteiger partial charge >= 0.3 is 0 Å². The Morgan fingerprint density at radius 2 is 1.32 bits per heavy atom. The molecule has 0 saturated heterocycles. The molecular formula is C36H31N3O5. The summed E-state index contributed by atoms with van der Waals surface area (Å²) in [5.41, 5.74) is 4.27. The van der Waals surface area contributed by atoms with Crippen molar-refractivity contribution in [3.63, 3.8) is 0 Å². The highest BCUT2D eigenvalue weighted by atomic mass is 16.5. The predicted octanol–water partition coefficient (Wildman–Crippen LogP) is 6.30. The Balaban J connectivity index is 1.34. The maximum absolute atomic E-state index is 13.6. The second-order valence-corrected chi connectivity index (χ2v) is 10.1. The van der Waals surface area contributed by atoms with E-state index in [9.17, 15) is 19.5 Å². The molecule has 0 heterocycles. The molecule has 0 unspecified atom stereocenters. The van der Waals surface area contributed by atoms with Gasteiger partial charge in [-0.2, -0.15) is 0 Å². The number of hydrogen-bond donors (Lipinski definition) is 4. The first-order chi connectivity index (χ1) is 21.4. The van der Waals surface area contributed by atoms with Crippen molar-refractivity contribution in [3.05, 3.63) is 144 Å². The van der Waals surface area contributed by atoms with Gasteiger partial charge in [0.05, 0.1) is 18.4 Å². The first-order valence-corrected chi connectivity index (χ1v) is 14.0. The highest BCUT2D eigenvalue weighted by Gasteiger charge is 2.24. The molecule has 0 aliphatic heterocycles. The van der Waals surface area contributed by atoms with Crippen molar-refractivity contribution in [1.82, 2.24) is 5.32 Å². The van der Waals surface area contributed by atoms with Gasteiger partial charge in [-0.1, -0.05) is 66.7 Å². The molecule has 1 atom stereocenters. The van der Waals surface area contributed by atoms with E-state index < -0.39 is 23.8 Å². The van der Waals surface area contributed by atoms with Crippen molar-refractivity contribution in [1.29, 1.82) is 0 Å². The maximum Gasteiger partial charge on any atom is 0.255 e. The molecule has 8 heteroatoms. The number of hydrogen-bond acceptors (Lipinski definition) is 5. The predicted molar refractivity (Wildman–Crippen MR) is 171 cm³/mol. The van der Waals surface area contributed by atoms with Crippen LogP contribution in [0.1, 0.15) is 26.3 Å². The Bertz CT molecular complexity index is 1740. The standard InChI is InChI=1S/C36H31N3O5/c1-44-30-21-15-27(16-22-30)34(41)38-32-10-6-5-9-31(32)35(42)39-33(23-24-11-19-29(40)20-12-24)36(43)37-28-17-13-26(14-18-28)25-7-3-2-4-8-25/h2-22,33,40H,23H2,1H3,(H,37,43)(H,38,41)(H,39,42)/t33-/m1/s1. The molecule has 44 heavy (non-hydrogen) atoms. The molecule has 0 spiro atoms. The third-order valence-corrected chi connectivity index (χ3v) is 7.03. The Kier molecular flexibility index (Phi) is 9.32. The quantitative estimate of drug-likeness (QED) is 0.154. The molecule has 0 fully saturated rings. The topological polar surface area (TPSA) is 117 Å². The fraction of sp³-hybridized carbons (Fsp3) is 0.0833. The summed E-state index contributed by atoms with van der Waals surface area (Å²) in [4.78, 5) is 40.1. The largest absolute Gasteiger partial charge is 0.508 e. The van der Waals surface area contributed by atoms with Crippen LogP contribution in [0.5, 0.6) is 11.5 Å². The molecule has 5 rings (SSSR count). The van der Waals surface area contributed by atoms with Gasteiger partial charge in [-0.3, -0.25) is 14.4 Å². The lowest BCUT2D eigenvalue weighted by Crippen LogP contribution is -2.45. The van der Waals surface area contributed by atoms with E-state index in [1.54, 1.807) is 67.8 Å². The Morgan fingerprint density at radius 1 is 0.682 bits per heavy atom. The highest BCUT2D eigenvalue weighted by molar-refractivity contribution is 6.10. The number of carbonyl (C=O) groups is 3. The lowest BCUT2D eigenvalue weighted by Gasteiger charge is -2.20. The molecule has 3 amide bonds. The van der Waals surface area contributed by atoms with Gasteiger partial charge in [0.1, 0.15) is 17.5 Å². The monoisotopic (exact) mass is 585 g/mol. The molecule has 5 aromatic rings. The van der Waals surface area contributed by atoms with E-state index >= 15 is 0 Å². The minimum Gasteiger partial charge on any atom is -0.508 e. The normalized spacial score (nSPS) is 11.2. The molecule has 0 bridgehead atoms. The fourth-order valence-corrected chi connectivity index (χ4v) is 4.65. The number of methoxy groups -OCH3 is 1. The van der Waals surface area contributed by atoms with Crippen molar-refractivity contribution in [2.45, 2.75) is 12.5 Å². The van der Waals surface area contributed by atoms with Gasteiger partial charge in [-0.05, 0) is 77.4 Å². The Labute approximate surface area is 255 Å². The van der Waals surface area contributed by atoms with E-state index in [0.29, 0.717) is 22.7 Å². The summed E-state index contributed by atoms with van der Waals surface area (Å²) in [7, 11) is 1.54. The van der Waals surface area contributed by atoms with Crippen LogP contribution < -0.4 is 20.7 Å². The summed E-state index contributed by atoms with van der Waals surface area (Å²) in [5.74, 6) is -0.636. The number of anilines is 2. The fourth-order valence-electron chi connectivity index (χ4n) is 4.65. The Hall–Kier alpha value is -5.89. The zero-order valence-electron chi connectivity index (χ0n) is 24.0. The van der Waals surface area contributed by atoms with Crippen molar-refractivity contribution in [3.8, 4) is 22.6 Å². The van der Waals surface area contributed by atoms with Crippen molar-refractivity contribution >= 4 is 29.1 Å². The number of ether oxygens (including phenoxy) is 1. The number of phenols is 1. The zero-order valence-corrected chi connectivity index (χ0v) is 24.0. The number of para-hydroxylation sites is 1. The summed E-state index contributed by atoms with van der Waals surface area (Å²) in [6.45, 7) is 0. The Morgan fingerprint density at radius 3 is 2.00 bits per heavy atom. The number of benzene rings is 5. The molecular weight excluding hydrogens is 554 g/mol. The van der Waals surface area contributed by atoms with Crippen LogP contribution in [0, 0.1) is 0 Å². The zero-order chi connectivity index (χ0) is 30.9. The van der Waals surface area contributed by atoms with E-state index in [-0.39, 0.29) is 17.7 Å². The summed E-state index contributed by atoms with van der Waals surface area (Å²) in [6, 6.07) is 36.0. The third-order valence-electron chi connectivity index (χ3n) is 7.03. The molecule has 5 aromatic carbocycles. The number of aromatic hydroxyl groups is 1. The SMILES string of the molecule is COc1ccc(C(=O)Nc2ccccc2C(=O)N[C@H](Cc2ccc(O)cc2)C(=O)Nc2ccc(-c3ccccc3)cc2)cc1. The molecule has 4 N–H and O–H groups in total. The van der Waals surface area contributed by atoms with E-state index in [4.69, 9.17) is 4.74 Å². The van der Waals surface area contributed by atoms with E-state index in [2.05, 4.69) is 16.0 Å². The van der Waals surface area contributed by atoms with Crippen LogP contribution in [0.2, 0.25) is 0 Å². The third kappa shape index (κ3) is 7.49.